The Labute approximate surface area is 202 Å². The van der Waals surface area contributed by atoms with E-state index in [4.69, 9.17) is 10.2 Å². The van der Waals surface area contributed by atoms with E-state index in [1.807, 2.05) is 44.3 Å². The summed E-state index contributed by atoms with van der Waals surface area (Å²) >= 11 is 1.58. The Hall–Kier alpha value is -3.35. The number of nitrogens with one attached hydrogen (secondary N) is 1. The average Bonchev–Trinajstić information content (AvgIpc) is 3.38. The van der Waals surface area contributed by atoms with Crippen LogP contribution in [0.5, 0.6) is 0 Å². The molecule has 174 valence electrons. The van der Waals surface area contributed by atoms with E-state index in [1.165, 1.54) is 0 Å². The number of pyridine rings is 1. The van der Waals surface area contributed by atoms with E-state index in [2.05, 4.69) is 40.5 Å². The van der Waals surface area contributed by atoms with Gasteiger partial charge < -0.3 is 10.4 Å². The van der Waals surface area contributed by atoms with Crippen molar-refractivity contribution < 1.29 is 5.11 Å². The van der Waals surface area contributed by atoms with Crippen LogP contribution in [0.2, 0.25) is 0 Å². The van der Waals surface area contributed by atoms with Crippen LogP contribution >= 0.6 is 11.3 Å². The molecule has 0 unspecified atom stereocenters. The van der Waals surface area contributed by atoms with Crippen molar-refractivity contribution in [1.29, 1.82) is 5.26 Å². The summed E-state index contributed by atoms with van der Waals surface area (Å²) in [4.78, 5) is 4.73. The fourth-order valence-corrected chi connectivity index (χ4v) is 5.65. The molecule has 0 amide bonds. The Morgan fingerprint density at radius 1 is 1.21 bits per heavy atom. The molecule has 5 rings (SSSR count). The minimum absolute atomic E-state index is 0.207. The standard InChI is InChI=1S/C25H27N7OS/c1-14(2)29-20-10-21(22-8-5-16-9-15(11-26)12-28-32(16)22)27-13-18(20)24-31-30-23(34-24)17-6-7-19(17)25(3,4)33/h5,8-10,12-14,17,19,33H,6-7H2,1-4H3,(H,27,29)/t17-,19-/m1/s1. The topological polar surface area (TPSA) is 112 Å². The summed E-state index contributed by atoms with van der Waals surface area (Å²) in [6, 6.07) is 10.1. The molecule has 0 aromatic carbocycles. The molecule has 2 atom stereocenters. The summed E-state index contributed by atoms with van der Waals surface area (Å²) in [5.41, 5.74) is 4.10. The Bertz CT molecular complexity index is 1390. The fraction of sp³-hybridized carbons (Fsp3) is 0.400. The predicted molar refractivity (Wildman–Crippen MR) is 133 cm³/mol. The monoisotopic (exact) mass is 473 g/mol. The number of aromatic nitrogens is 5. The number of aliphatic hydroxyl groups is 1. The first-order valence-electron chi connectivity index (χ1n) is 11.5. The Morgan fingerprint density at radius 3 is 2.71 bits per heavy atom. The van der Waals surface area contributed by atoms with Gasteiger partial charge in [-0.2, -0.15) is 10.4 Å². The number of fused-ring (bicyclic) bond motifs is 1. The molecule has 0 bridgehead atoms. The summed E-state index contributed by atoms with van der Waals surface area (Å²) in [6.45, 7) is 7.94. The second-order valence-corrected chi connectivity index (χ2v) is 10.7. The first-order valence-corrected chi connectivity index (χ1v) is 12.3. The van der Waals surface area contributed by atoms with Gasteiger partial charge >= 0.3 is 0 Å². The number of anilines is 1. The third kappa shape index (κ3) is 4.04. The summed E-state index contributed by atoms with van der Waals surface area (Å²) in [5, 5.41) is 38.3. The highest BCUT2D eigenvalue weighted by Gasteiger charge is 2.43. The highest BCUT2D eigenvalue weighted by molar-refractivity contribution is 7.14. The van der Waals surface area contributed by atoms with Gasteiger partial charge in [0, 0.05) is 23.8 Å². The summed E-state index contributed by atoms with van der Waals surface area (Å²) < 4.78 is 1.79. The van der Waals surface area contributed by atoms with Crippen molar-refractivity contribution >= 4 is 22.5 Å². The van der Waals surface area contributed by atoms with Crippen molar-refractivity contribution in [2.75, 3.05) is 5.32 Å². The smallest absolute Gasteiger partial charge is 0.151 e. The number of hydrogen-bond acceptors (Lipinski definition) is 8. The van der Waals surface area contributed by atoms with Gasteiger partial charge in [0.2, 0.25) is 0 Å². The molecule has 4 aromatic rings. The molecule has 2 N–H and O–H groups in total. The molecule has 0 saturated heterocycles. The lowest BCUT2D eigenvalue weighted by Gasteiger charge is -2.42. The van der Waals surface area contributed by atoms with Gasteiger partial charge in [0.05, 0.1) is 39.8 Å². The van der Waals surface area contributed by atoms with E-state index in [0.717, 1.165) is 51.0 Å². The highest BCUT2D eigenvalue weighted by atomic mass is 32.1. The van der Waals surface area contributed by atoms with Gasteiger partial charge in [-0.05, 0) is 70.7 Å². The van der Waals surface area contributed by atoms with Gasteiger partial charge in [0.25, 0.3) is 0 Å². The van der Waals surface area contributed by atoms with Crippen LogP contribution in [0.1, 0.15) is 57.0 Å². The SMILES string of the molecule is CC(C)Nc1cc(-c2ccc3cc(C#N)cnn23)ncc1-c1nnc([C@@H]2CC[C@H]2C(C)(C)O)s1. The first kappa shape index (κ1) is 22.4. The Morgan fingerprint density at radius 2 is 2.03 bits per heavy atom. The maximum Gasteiger partial charge on any atom is 0.151 e. The van der Waals surface area contributed by atoms with E-state index in [9.17, 15) is 5.11 Å². The van der Waals surface area contributed by atoms with Crippen LogP contribution in [-0.2, 0) is 0 Å². The minimum Gasteiger partial charge on any atom is -0.390 e. The molecule has 4 aromatic heterocycles. The first-order chi connectivity index (χ1) is 16.2. The van der Waals surface area contributed by atoms with Gasteiger partial charge in [0.1, 0.15) is 11.1 Å². The van der Waals surface area contributed by atoms with Gasteiger partial charge in [-0.1, -0.05) is 11.3 Å². The van der Waals surface area contributed by atoms with Crippen molar-refractivity contribution in [2.45, 2.75) is 58.1 Å². The van der Waals surface area contributed by atoms with Crippen molar-refractivity contribution in [3.63, 3.8) is 0 Å². The molecule has 1 saturated carbocycles. The molecule has 1 fully saturated rings. The third-order valence-corrected chi connectivity index (χ3v) is 7.50. The van der Waals surface area contributed by atoms with E-state index >= 15 is 0 Å². The maximum absolute atomic E-state index is 10.5. The van der Waals surface area contributed by atoms with Crippen LogP contribution in [0.25, 0.3) is 27.5 Å². The van der Waals surface area contributed by atoms with Crippen molar-refractivity contribution in [1.82, 2.24) is 24.8 Å². The second-order valence-electron chi connectivity index (χ2n) is 9.71. The zero-order valence-corrected chi connectivity index (χ0v) is 20.5. The molecule has 34 heavy (non-hydrogen) atoms. The summed E-state index contributed by atoms with van der Waals surface area (Å²) in [7, 11) is 0. The molecule has 9 heteroatoms. The molecule has 1 aliphatic rings. The van der Waals surface area contributed by atoms with Crippen LogP contribution < -0.4 is 5.32 Å². The van der Waals surface area contributed by atoms with E-state index in [0.29, 0.717) is 5.56 Å². The molecule has 1 aliphatic carbocycles. The quantitative estimate of drug-likeness (QED) is 0.411. The Balaban J connectivity index is 1.51. The van der Waals surface area contributed by atoms with E-state index in [1.54, 1.807) is 22.0 Å². The zero-order valence-electron chi connectivity index (χ0n) is 19.6. The lowest BCUT2D eigenvalue weighted by molar-refractivity contribution is -0.0326. The fourth-order valence-electron chi connectivity index (χ4n) is 4.58. The highest BCUT2D eigenvalue weighted by Crippen LogP contribution is 2.49. The van der Waals surface area contributed by atoms with Gasteiger partial charge in [0.15, 0.2) is 5.01 Å². The molecule has 0 aliphatic heterocycles. The predicted octanol–water partition coefficient (Wildman–Crippen LogP) is 4.87. The normalized spacial score (nSPS) is 18.1. The number of nitrogens with zero attached hydrogens (tertiary/aromatic N) is 6. The molecule has 8 nitrogen and oxygen atoms in total. The number of nitriles is 1. The number of rotatable bonds is 6. The molecule has 4 heterocycles. The van der Waals surface area contributed by atoms with E-state index < -0.39 is 5.60 Å². The van der Waals surface area contributed by atoms with Crippen LogP contribution in [0.4, 0.5) is 5.69 Å². The Kier molecular flexibility index (Phi) is 5.58. The van der Waals surface area contributed by atoms with Gasteiger partial charge in [-0.25, -0.2) is 4.52 Å². The zero-order chi connectivity index (χ0) is 24.0. The average molecular weight is 474 g/mol. The van der Waals surface area contributed by atoms with Crippen LogP contribution in [-0.4, -0.2) is 41.5 Å². The molecular weight excluding hydrogens is 446 g/mol. The van der Waals surface area contributed by atoms with E-state index in [-0.39, 0.29) is 17.9 Å². The summed E-state index contributed by atoms with van der Waals surface area (Å²) in [5.74, 6) is 0.454. The molecule has 0 radical (unpaired) electrons. The van der Waals surface area contributed by atoms with Crippen LogP contribution in [0.15, 0.2) is 36.7 Å². The van der Waals surface area contributed by atoms with Crippen LogP contribution in [0, 0.1) is 17.2 Å². The van der Waals surface area contributed by atoms with Crippen molar-refractivity contribution in [2.24, 2.45) is 5.92 Å². The van der Waals surface area contributed by atoms with Crippen molar-refractivity contribution in [3.05, 3.63) is 47.2 Å². The largest absolute Gasteiger partial charge is 0.390 e. The third-order valence-electron chi connectivity index (χ3n) is 6.41. The van der Waals surface area contributed by atoms with Gasteiger partial charge in [-0.15, -0.1) is 10.2 Å². The lowest BCUT2D eigenvalue weighted by atomic mass is 9.66. The molecule has 0 spiro atoms. The molecular formula is C25H27N7OS. The lowest BCUT2D eigenvalue weighted by Crippen LogP contribution is -2.41. The van der Waals surface area contributed by atoms with Gasteiger partial charge in [-0.3, -0.25) is 4.98 Å². The minimum atomic E-state index is -0.718. The van der Waals surface area contributed by atoms with Crippen LogP contribution in [0.3, 0.4) is 0 Å². The maximum atomic E-state index is 10.5. The summed E-state index contributed by atoms with van der Waals surface area (Å²) in [6.07, 6.45) is 5.43. The second kappa shape index (κ2) is 8.46. The number of hydrogen-bond donors (Lipinski definition) is 2. The van der Waals surface area contributed by atoms with Crippen molar-refractivity contribution in [3.8, 4) is 28.0 Å².